The van der Waals surface area contributed by atoms with Crippen molar-refractivity contribution in [1.29, 1.82) is 0 Å². The Kier molecular flexibility index (Phi) is 7.03. The van der Waals surface area contributed by atoms with E-state index in [4.69, 9.17) is 9.47 Å². The molecule has 0 fully saturated rings. The molecular weight excluding hydrogens is 370 g/mol. The Morgan fingerprint density at radius 3 is 2.00 bits per heavy atom. The number of aliphatic carboxylic acids is 1. The number of hydrogen-bond donors (Lipinski definition) is 2. The summed E-state index contributed by atoms with van der Waals surface area (Å²) in [6.45, 7) is 8.79. The Morgan fingerprint density at radius 2 is 1.48 bits per heavy atom. The molecule has 29 heavy (non-hydrogen) atoms. The van der Waals surface area contributed by atoms with Crippen LogP contribution in [0.15, 0.2) is 54.6 Å². The minimum atomic E-state index is -1.20. The van der Waals surface area contributed by atoms with Gasteiger partial charge in [0.15, 0.2) is 6.04 Å². The molecule has 1 atom stereocenters. The Balaban J connectivity index is 2.03. The first-order valence-electron chi connectivity index (χ1n) is 9.50. The number of nitrogens with one attached hydrogen (secondary N) is 1. The average Bonchev–Trinajstić information content (AvgIpc) is 2.64. The zero-order valence-electron chi connectivity index (χ0n) is 17.6. The van der Waals surface area contributed by atoms with Crippen molar-refractivity contribution in [3.63, 3.8) is 0 Å². The number of benzene rings is 2. The number of carboxylic acids is 1. The van der Waals surface area contributed by atoms with Crippen molar-refractivity contribution < 1.29 is 24.2 Å². The van der Waals surface area contributed by atoms with Crippen molar-refractivity contribution in [3.05, 3.63) is 60.2 Å². The van der Waals surface area contributed by atoms with E-state index in [1.54, 1.807) is 13.8 Å². The molecule has 0 saturated carbocycles. The second kappa shape index (κ2) is 9.09. The van der Waals surface area contributed by atoms with Gasteiger partial charge in [0.05, 0.1) is 12.2 Å². The molecule has 0 aliphatic heterocycles. The first kappa shape index (κ1) is 22.4. The van der Waals surface area contributed by atoms with Crippen LogP contribution >= 0.6 is 0 Å². The van der Waals surface area contributed by atoms with Gasteiger partial charge in [0.25, 0.3) is 0 Å². The second-order valence-electron chi connectivity index (χ2n) is 8.30. The molecule has 6 nitrogen and oxygen atoms in total. The van der Waals surface area contributed by atoms with Crippen LogP contribution in [-0.4, -0.2) is 35.4 Å². The molecular formula is C23H29NO5. The fraction of sp³-hybridized carbons (Fsp3) is 0.391. The third-order valence-electron chi connectivity index (χ3n) is 4.31. The number of hydrogen-bond acceptors (Lipinski definition) is 4. The van der Waals surface area contributed by atoms with Gasteiger partial charge in [-0.2, -0.15) is 0 Å². The van der Waals surface area contributed by atoms with Crippen LogP contribution in [0.1, 0.15) is 40.2 Å². The van der Waals surface area contributed by atoms with Gasteiger partial charge >= 0.3 is 12.1 Å². The maximum Gasteiger partial charge on any atom is 0.408 e. The van der Waals surface area contributed by atoms with Crippen molar-refractivity contribution in [2.24, 2.45) is 0 Å². The Hall–Kier alpha value is -2.86. The number of carbonyl (C=O) groups is 2. The van der Waals surface area contributed by atoms with Gasteiger partial charge in [-0.1, -0.05) is 54.6 Å². The topological polar surface area (TPSA) is 84.9 Å². The minimum Gasteiger partial charge on any atom is -0.480 e. The van der Waals surface area contributed by atoms with E-state index in [9.17, 15) is 14.7 Å². The summed E-state index contributed by atoms with van der Waals surface area (Å²) in [5.41, 5.74) is 1.50. The maximum atomic E-state index is 12.3. The summed E-state index contributed by atoms with van der Waals surface area (Å²) in [5, 5.41) is 11.7. The van der Waals surface area contributed by atoms with Crippen molar-refractivity contribution >= 4 is 12.1 Å². The first-order valence-corrected chi connectivity index (χ1v) is 9.50. The van der Waals surface area contributed by atoms with Gasteiger partial charge in [0, 0.05) is 0 Å². The summed E-state index contributed by atoms with van der Waals surface area (Å²) in [6, 6.07) is 16.5. The zero-order valence-corrected chi connectivity index (χ0v) is 17.6. The predicted molar refractivity (Wildman–Crippen MR) is 112 cm³/mol. The molecule has 0 aliphatic carbocycles. The molecule has 0 heterocycles. The monoisotopic (exact) mass is 399 g/mol. The van der Waals surface area contributed by atoms with Gasteiger partial charge in [0.2, 0.25) is 0 Å². The molecule has 0 spiro atoms. The van der Waals surface area contributed by atoms with Crippen LogP contribution in [0.2, 0.25) is 0 Å². The summed E-state index contributed by atoms with van der Waals surface area (Å²) in [7, 11) is 0. The standard InChI is InChI=1S/C23H29NO5/c1-22(2,3)28-15-19(20(25)26)24-21(27)29-23(4,5)18-13-11-17(12-14-18)16-9-7-6-8-10-16/h6-14,19H,15H2,1-5H3,(H,24,27)(H,25,26). The number of rotatable bonds is 7. The lowest BCUT2D eigenvalue weighted by molar-refractivity contribution is -0.142. The number of amides is 1. The third kappa shape index (κ3) is 6.91. The van der Waals surface area contributed by atoms with E-state index < -0.39 is 29.3 Å². The lowest BCUT2D eigenvalue weighted by atomic mass is 9.95. The highest BCUT2D eigenvalue weighted by atomic mass is 16.6. The molecule has 2 aromatic carbocycles. The van der Waals surface area contributed by atoms with Gasteiger partial charge in [-0.25, -0.2) is 9.59 Å². The maximum absolute atomic E-state index is 12.3. The van der Waals surface area contributed by atoms with Crippen LogP contribution in [-0.2, 0) is 19.9 Å². The van der Waals surface area contributed by atoms with E-state index in [1.807, 2.05) is 75.4 Å². The predicted octanol–water partition coefficient (Wildman–Crippen LogP) is 4.58. The molecule has 1 amide bonds. The Labute approximate surface area is 171 Å². The van der Waals surface area contributed by atoms with E-state index in [1.165, 1.54) is 0 Å². The van der Waals surface area contributed by atoms with E-state index in [0.29, 0.717) is 0 Å². The van der Waals surface area contributed by atoms with Gasteiger partial charge < -0.3 is 19.9 Å². The van der Waals surface area contributed by atoms with Crippen molar-refractivity contribution in [1.82, 2.24) is 5.32 Å². The van der Waals surface area contributed by atoms with E-state index in [2.05, 4.69) is 5.32 Å². The van der Waals surface area contributed by atoms with Crippen LogP contribution < -0.4 is 5.32 Å². The average molecular weight is 399 g/mol. The fourth-order valence-corrected chi connectivity index (χ4v) is 2.67. The molecule has 0 aliphatic rings. The Morgan fingerprint density at radius 1 is 0.931 bits per heavy atom. The fourth-order valence-electron chi connectivity index (χ4n) is 2.67. The van der Waals surface area contributed by atoms with Gasteiger partial charge in [0.1, 0.15) is 5.60 Å². The van der Waals surface area contributed by atoms with Crippen LogP contribution in [0.3, 0.4) is 0 Å². The highest BCUT2D eigenvalue weighted by molar-refractivity contribution is 5.80. The normalized spacial score (nSPS) is 12.9. The number of carboxylic acid groups (broad SMARTS) is 1. The van der Waals surface area contributed by atoms with Crippen molar-refractivity contribution in [3.8, 4) is 11.1 Å². The van der Waals surface area contributed by atoms with Gasteiger partial charge in [-0.15, -0.1) is 0 Å². The molecule has 2 rings (SSSR count). The molecule has 2 aromatic rings. The molecule has 2 N–H and O–H groups in total. The SMILES string of the molecule is CC(C)(C)OCC(NC(=O)OC(C)(C)c1ccc(-c2ccccc2)cc1)C(=O)O. The van der Waals surface area contributed by atoms with E-state index in [-0.39, 0.29) is 6.61 Å². The van der Waals surface area contributed by atoms with Crippen LogP contribution in [0.25, 0.3) is 11.1 Å². The molecule has 156 valence electrons. The van der Waals surface area contributed by atoms with Crippen molar-refractivity contribution in [2.75, 3.05) is 6.61 Å². The number of carbonyl (C=O) groups excluding carboxylic acids is 1. The lowest BCUT2D eigenvalue weighted by Gasteiger charge is -2.28. The first-order chi connectivity index (χ1) is 13.5. The molecule has 6 heteroatoms. The number of ether oxygens (including phenoxy) is 2. The molecule has 0 saturated heterocycles. The highest BCUT2D eigenvalue weighted by Crippen LogP contribution is 2.28. The van der Waals surface area contributed by atoms with Crippen LogP contribution in [0.4, 0.5) is 4.79 Å². The smallest absolute Gasteiger partial charge is 0.408 e. The Bertz CT molecular complexity index is 823. The van der Waals surface area contributed by atoms with Crippen molar-refractivity contribution in [2.45, 2.75) is 51.9 Å². The third-order valence-corrected chi connectivity index (χ3v) is 4.31. The molecule has 1 unspecified atom stereocenters. The molecule has 0 aromatic heterocycles. The molecule has 0 radical (unpaired) electrons. The second-order valence-corrected chi connectivity index (χ2v) is 8.30. The summed E-state index contributed by atoms with van der Waals surface area (Å²) in [5.74, 6) is -1.18. The summed E-state index contributed by atoms with van der Waals surface area (Å²) >= 11 is 0. The lowest BCUT2D eigenvalue weighted by Crippen LogP contribution is -2.47. The summed E-state index contributed by atoms with van der Waals surface area (Å²) < 4.78 is 11.0. The van der Waals surface area contributed by atoms with Gasteiger partial charge in [-0.3, -0.25) is 0 Å². The minimum absolute atomic E-state index is 0.153. The summed E-state index contributed by atoms with van der Waals surface area (Å²) in [4.78, 5) is 23.7. The quantitative estimate of drug-likeness (QED) is 0.712. The van der Waals surface area contributed by atoms with E-state index in [0.717, 1.165) is 16.7 Å². The van der Waals surface area contributed by atoms with Crippen LogP contribution in [0, 0.1) is 0 Å². The van der Waals surface area contributed by atoms with Gasteiger partial charge in [-0.05, 0) is 51.3 Å². The summed E-state index contributed by atoms with van der Waals surface area (Å²) in [6.07, 6.45) is -0.813. The zero-order chi connectivity index (χ0) is 21.7. The highest BCUT2D eigenvalue weighted by Gasteiger charge is 2.29. The molecule has 0 bridgehead atoms. The number of alkyl carbamates (subject to hydrolysis) is 1. The van der Waals surface area contributed by atoms with E-state index >= 15 is 0 Å². The van der Waals surface area contributed by atoms with Crippen LogP contribution in [0.5, 0.6) is 0 Å². The largest absolute Gasteiger partial charge is 0.480 e.